The molecule has 0 aromatic heterocycles. The molecule has 15 N–H and O–H groups in total. The smallest absolute Gasteiger partial charge is 0.326 e. The molecule has 60 heavy (non-hydrogen) atoms. The minimum Gasteiger partial charge on any atom is -0.481 e. The Hall–Kier alpha value is -5.70. The third-order valence-electron chi connectivity index (χ3n) is 8.13. The summed E-state index contributed by atoms with van der Waals surface area (Å²) in [5.41, 5.74) is 10.8. The second-order valence-electron chi connectivity index (χ2n) is 13.6. The number of carbonyl (C=O) groups is 12. The second kappa shape index (κ2) is 27.1. The highest BCUT2D eigenvalue weighted by Gasteiger charge is 2.33. The summed E-state index contributed by atoms with van der Waals surface area (Å²) in [6.45, 7) is 4.67. The van der Waals surface area contributed by atoms with Crippen LogP contribution in [0.5, 0.6) is 0 Å². The zero-order chi connectivity index (χ0) is 46.4. The van der Waals surface area contributed by atoms with Gasteiger partial charge >= 0.3 is 17.9 Å². The van der Waals surface area contributed by atoms with E-state index in [4.69, 9.17) is 16.6 Å². The number of carboxylic acids is 3. The van der Waals surface area contributed by atoms with Gasteiger partial charge in [-0.1, -0.05) is 13.8 Å². The van der Waals surface area contributed by atoms with Crippen LogP contribution < -0.4 is 54.0 Å². The van der Waals surface area contributed by atoms with Crippen molar-refractivity contribution in [2.24, 2.45) is 17.4 Å². The van der Waals surface area contributed by atoms with Crippen LogP contribution in [-0.2, 0) is 57.5 Å². The van der Waals surface area contributed by atoms with Crippen molar-refractivity contribution in [1.29, 1.82) is 0 Å². The second-order valence-corrected chi connectivity index (χ2v) is 14.3. The van der Waals surface area contributed by atoms with E-state index in [1.54, 1.807) is 13.8 Å². The molecule has 0 bridgehead atoms. The summed E-state index contributed by atoms with van der Waals surface area (Å²) in [6.07, 6.45) is -3.04. The molecule has 0 saturated heterocycles. The molecule has 0 saturated carbocycles. The van der Waals surface area contributed by atoms with E-state index < -0.39 is 164 Å². The fraction of sp³-hybridized carbons (Fsp3) is 0.636. The number of hydrogen-bond acceptors (Lipinski definition) is 15. The summed E-state index contributed by atoms with van der Waals surface area (Å²) >= 11 is 7.90. The SMILES string of the molecule is CC(C)[C@H](NC(=O)[C@H](C)NC(=O)[C@H](CS)NC(=O)[C@H](CCC(N)=O)NC(=O)[C@H](CCC(=O)O)NC(=O)CNC(=O)[C@H](C)NC(=O)[C@H](CC(=O)O)NC(=O)[C@@H](N)CS)C(=O)O. The molecule has 9 amide bonds. The number of thiol groups is 2. The lowest BCUT2D eigenvalue weighted by Gasteiger charge is -2.26. The summed E-state index contributed by atoms with van der Waals surface area (Å²) < 4.78 is 0. The number of hydrogen-bond donors (Lipinski definition) is 15. The van der Waals surface area contributed by atoms with E-state index >= 15 is 0 Å². The Labute approximate surface area is 354 Å². The van der Waals surface area contributed by atoms with Gasteiger partial charge < -0.3 is 69.3 Å². The van der Waals surface area contributed by atoms with Gasteiger partial charge in [0.1, 0.15) is 42.3 Å². The summed E-state index contributed by atoms with van der Waals surface area (Å²) in [5.74, 6) is -14.1. The summed E-state index contributed by atoms with van der Waals surface area (Å²) in [7, 11) is 0. The van der Waals surface area contributed by atoms with Crippen molar-refractivity contribution in [3.63, 3.8) is 0 Å². The fourth-order valence-corrected chi connectivity index (χ4v) is 5.12. The fourth-order valence-electron chi connectivity index (χ4n) is 4.69. The molecule has 0 aliphatic heterocycles. The largest absolute Gasteiger partial charge is 0.481 e. The first-order valence-electron chi connectivity index (χ1n) is 18.2. The highest BCUT2D eigenvalue weighted by Crippen LogP contribution is 2.06. The number of carboxylic acid groups (broad SMARTS) is 3. The van der Waals surface area contributed by atoms with Gasteiger partial charge in [-0.2, -0.15) is 25.3 Å². The number of aliphatic carboxylic acids is 3. The summed E-state index contributed by atoms with van der Waals surface area (Å²) in [6, 6.07) is -11.5. The molecule has 0 aliphatic rings. The maximum atomic E-state index is 13.4. The normalized spacial score (nSPS) is 14.8. The van der Waals surface area contributed by atoms with Gasteiger partial charge in [-0.05, 0) is 32.6 Å². The lowest BCUT2D eigenvalue weighted by molar-refractivity contribution is -0.143. The van der Waals surface area contributed by atoms with Crippen molar-refractivity contribution >= 4 is 96.3 Å². The number of rotatable bonds is 28. The first-order chi connectivity index (χ1) is 27.8. The van der Waals surface area contributed by atoms with Crippen LogP contribution in [-0.4, -0.2) is 153 Å². The summed E-state index contributed by atoms with van der Waals surface area (Å²) in [5, 5.41) is 45.5. The van der Waals surface area contributed by atoms with E-state index in [0.29, 0.717) is 0 Å². The van der Waals surface area contributed by atoms with Crippen molar-refractivity contribution in [2.75, 3.05) is 18.1 Å². The minimum absolute atomic E-state index is 0.127. The molecule has 0 aliphatic carbocycles. The molecule has 25 nitrogen and oxygen atoms in total. The topological polar surface area (TPSA) is 414 Å². The lowest BCUT2D eigenvalue weighted by Crippen LogP contribution is -2.59. The molecule has 338 valence electrons. The molecule has 0 spiro atoms. The van der Waals surface area contributed by atoms with Crippen LogP contribution in [0.1, 0.15) is 59.8 Å². The van der Waals surface area contributed by atoms with Crippen molar-refractivity contribution < 1.29 is 72.9 Å². The van der Waals surface area contributed by atoms with Crippen molar-refractivity contribution in [1.82, 2.24) is 42.5 Å². The van der Waals surface area contributed by atoms with Crippen LogP contribution in [0, 0.1) is 5.92 Å². The Morgan fingerprint density at radius 1 is 0.533 bits per heavy atom. The van der Waals surface area contributed by atoms with Gasteiger partial charge in [0.25, 0.3) is 0 Å². The molecular weight excluding hydrogens is 841 g/mol. The molecular formula is C33H54N10O15S2. The van der Waals surface area contributed by atoms with Gasteiger partial charge in [0.2, 0.25) is 53.2 Å². The van der Waals surface area contributed by atoms with Crippen LogP contribution >= 0.6 is 25.3 Å². The molecule has 0 rings (SSSR count). The van der Waals surface area contributed by atoms with E-state index in [1.807, 2.05) is 0 Å². The van der Waals surface area contributed by atoms with Crippen LogP contribution in [0.25, 0.3) is 0 Å². The van der Waals surface area contributed by atoms with Gasteiger partial charge in [-0.25, -0.2) is 4.79 Å². The van der Waals surface area contributed by atoms with Gasteiger partial charge in [-0.15, -0.1) is 0 Å². The van der Waals surface area contributed by atoms with E-state index in [2.05, 4.69) is 67.8 Å². The average molecular weight is 895 g/mol. The number of carbonyl (C=O) groups excluding carboxylic acids is 9. The van der Waals surface area contributed by atoms with Crippen LogP contribution in [0.2, 0.25) is 0 Å². The number of amides is 9. The quantitative estimate of drug-likeness (QED) is 0.0325. The molecule has 0 unspecified atom stereocenters. The van der Waals surface area contributed by atoms with Crippen molar-refractivity contribution in [2.45, 2.75) is 108 Å². The maximum absolute atomic E-state index is 13.4. The monoisotopic (exact) mass is 894 g/mol. The van der Waals surface area contributed by atoms with E-state index in [1.165, 1.54) is 6.92 Å². The van der Waals surface area contributed by atoms with Crippen LogP contribution in [0.4, 0.5) is 0 Å². The number of nitrogens with two attached hydrogens (primary N) is 2. The van der Waals surface area contributed by atoms with E-state index in [9.17, 15) is 67.7 Å². The Morgan fingerprint density at radius 3 is 1.47 bits per heavy atom. The molecule has 27 heteroatoms. The van der Waals surface area contributed by atoms with Crippen molar-refractivity contribution in [3.8, 4) is 0 Å². The standard InChI is InChI=1S/C33H54N10O15S2/c1-13(2)25(33(57)58)43-27(51)15(4)38-32(56)20(12-60)42-30(54)18(5-7-21(35)44)40-29(53)17(6-8-23(46)47)39-22(45)10-36-26(50)14(3)37-31(55)19(9-24(48)49)41-28(52)16(34)11-59/h13-20,25,59-60H,5-12,34H2,1-4H3,(H2,35,44)(H,36,50)(H,37,55)(H,38,56)(H,39,45)(H,40,53)(H,41,52)(H,42,54)(H,43,51)(H,46,47)(H,48,49)(H,57,58)/t14-,15-,16-,17-,18-,19-,20-,25-/m0/s1. The van der Waals surface area contributed by atoms with E-state index in [0.717, 1.165) is 6.92 Å². The molecule has 0 fully saturated rings. The molecule has 0 radical (unpaired) electrons. The van der Waals surface area contributed by atoms with Gasteiger partial charge in [0.15, 0.2) is 0 Å². The summed E-state index contributed by atoms with van der Waals surface area (Å²) in [4.78, 5) is 148. The minimum atomic E-state index is -1.67. The lowest BCUT2D eigenvalue weighted by atomic mass is 10.0. The molecule has 0 aromatic rings. The Kier molecular flexibility index (Phi) is 24.6. The Bertz CT molecular complexity index is 1620. The van der Waals surface area contributed by atoms with Gasteiger partial charge in [0.05, 0.1) is 19.0 Å². The highest BCUT2D eigenvalue weighted by atomic mass is 32.1. The molecule has 8 atom stereocenters. The predicted molar refractivity (Wildman–Crippen MR) is 214 cm³/mol. The Morgan fingerprint density at radius 2 is 1.00 bits per heavy atom. The number of nitrogens with one attached hydrogen (secondary N) is 8. The van der Waals surface area contributed by atoms with Crippen LogP contribution in [0.3, 0.4) is 0 Å². The third kappa shape index (κ3) is 20.8. The zero-order valence-electron chi connectivity index (χ0n) is 33.1. The van der Waals surface area contributed by atoms with E-state index in [-0.39, 0.29) is 11.5 Å². The van der Waals surface area contributed by atoms with Crippen LogP contribution in [0.15, 0.2) is 0 Å². The first kappa shape index (κ1) is 54.3. The Balaban J connectivity index is 5.82. The highest BCUT2D eigenvalue weighted by molar-refractivity contribution is 7.80. The zero-order valence-corrected chi connectivity index (χ0v) is 34.9. The third-order valence-corrected chi connectivity index (χ3v) is 8.89. The van der Waals surface area contributed by atoms with Gasteiger partial charge in [-0.3, -0.25) is 52.7 Å². The van der Waals surface area contributed by atoms with Crippen molar-refractivity contribution in [3.05, 3.63) is 0 Å². The average Bonchev–Trinajstić information content (AvgIpc) is 3.16. The molecule has 0 aromatic carbocycles. The van der Waals surface area contributed by atoms with Gasteiger partial charge in [0, 0.05) is 24.3 Å². The maximum Gasteiger partial charge on any atom is 0.326 e. The number of primary amides is 1. The first-order valence-corrected chi connectivity index (χ1v) is 19.4. The molecule has 0 heterocycles. The predicted octanol–water partition coefficient (Wildman–Crippen LogP) is -5.93.